The Morgan fingerprint density at radius 2 is 1.81 bits per heavy atom. The molecule has 1 aromatic heterocycles. The van der Waals surface area contributed by atoms with E-state index < -0.39 is 0 Å². The number of nitrogens with one attached hydrogen (secondary N) is 2. The molecule has 8 heteroatoms. The first kappa shape index (κ1) is 22.0. The Kier molecular flexibility index (Phi) is 6.50. The van der Waals surface area contributed by atoms with E-state index in [-0.39, 0.29) is 17.6 Å². The summed E-state index contributed by atoms with van der Waals surface area (Å²) in [6.07, 6.45) is 0.805. The van der Waals surface area contributed by atoms with Crippen LogP contribution in [-0.2, 0) is 16.0 Å². The van der Waals surface area contributed by atoms with Crippen LogP contribution in [0.3, 0.4) is 0 Å². The number of rotatable bonds is 6. The number of aryl methyl sites for hydroxylation is 2. The second-order valence-electron chi connectivity index (χ2n) is 7.54. The molecular weight excluding hydrogens is 426 g/mol. The highest BCUT2D eigenvalue weighted by Gasteiger charge is 2.16. The summed E-state index contributed by atoms with van der Waals surface area (Å²) >= 11 is 1.40. The Hall–Kier alpha value is -3.26. The van der Waals surface area contributed by atoms with Crippen molar-refractivity contribution in [2.24, 2.45) is 0 Å². The van der Waals surface area contributed by atoms with Gasteiger partial charge >= 0.3 is 0 Å². The van der Waals surface area contributed by atoms with Crippen LogP contribution in [0.25, 0.3) is 10.9 Å². The zero-order valence-corrected chi connectivity index (χ0v) is 19.1. The number of benzene rings is 2. The van der Waals surface area contributed by atoms with Crippen LogP contribution in [0.2, 0.25) is 0 Å². The van der Waals surface area contributed by atoms with Gasteiger partial charge in [0.25, 0.3) is 0 Å². The largest absolute Gasteiger partial charge is 0.486 e. The summed E-state index contributed by atoms with van der Waals surface area (Å²) in [5.41, 5.74) is 4.14. The number of fused-ring (bicyclic) bond motifs is 2. The van der Waals surface area contributed by atoms with Crippen LogP contribution in [0.1, 0.15) is 25.0 Å². The van der Waals surface area contributed by atoms with Gasteiger partial charge in [0.1, 0.15) is 18.2 Å². The van der Waals surface area contributed by atoms with E-state index in [0.29, 0.717) is 30.3 Å². The molecule has 166 valence electrons. The van der Waals surface area contributed by atoms with Gasteiger partial charge in [-0.05, 0) is 48.7 Å². The van der Waals surface area contributed by atoms with Crippen molar-refractivity contribution >= 4 is 45.9 Å². The third kappa shape index (κ3) is 4.96. The second kappa shape index (κ2) is 9.48. The van der Waals surface area contributed by atoms with Crippen molar-refractivity contribution in [3.8, 4) is 11.5 Å². The molecule has 1 aliphatic heterocycles. The Morgan fingerprint density at radius 1 is 1.06 bits per heavy atom. The standard InChI is InChI=1S/C24H25N3O4S/c1-4-16-9-17-10-21-22(31-8-7-30-21)12-20(17)27-24(16)32-13-23(29)26-18-6-5-14(2)19(11-18)25-15(3)28/h5-6,9-12H,4,7-8,13H2,1-3H3,(H,25,28)(H,26,29). The predicted molar refractivity (Wildman–Crippen MR) is 127 cm³/mol. The van der Waals surface area contributed by atoms with Crippen LogP contribution in [0.5, 0.6) is 11.5 Å². The van der Waals surface area contributed by atoms with Crippen LogP contribution < -0.4 is 20.1 Å². The van der Waals surface area contributed by atoms with E-state index in [1.807, 2.05) is 31.2 Å². The van der Waals surface area contributed by atoms with Gasteiger partial charge in [-0.25, -0.2) is 4.98 Å². The summed E-state index contributed by atoms with van der Waals surface area (Å²) in [6, 6.07) is 11.4. The average Bonchev–Trinajstić information content (AvgIpc) is 2.77. The Morgan fingerprint density at radius 3 is 2.53 bits per heavy atom. The van der Waals surface area contributed by atoms with Gasteiger partial charge in [-0.15, -0.1) is 0 Å². The Labute approximate surface area is 190 Å². The summed E-state index contributed by atoms with van der Waals surface area (Å²) in [4.78, 5) is 28.7. The predicted octanol–water partition coefficient (Wildman–Crippen LogP) is 4.57. The summed E-state index contributed by atoms with van der Waals surface area (Å²) < 4.78 is 11.3. The first-order valence-corrected chi connectivity index (χ1v) is 11.5. The number of carbonyl (C=O) groups excluding carboxylic acids is 2. The summed E-state index contributed by atoms with van der Waals surface area (Å²) in [6.45, 7) is 6.50. The van der Waals surface area contributed by atoms with E-state index in [1.165, 1.54) is 18.7 Å². The molecule has 2 aromatic carbocycles. The lowest BCUT2D eigenvalue weighted by Gasteiger charge is -2.19. The highest BCUT2D eigenvalue weighted by molar-refractivity contribution is 8.00. The highest BCUT2D eigenvalue weighted by atomic mass is 32.2. The number of thioether (sulfide) groups is 1. The van der Waals surface area contributed by atoms with Crippen LogP contribution in [0, 0.1) is 6.92 Å². The molecule has 0 radical (unpaired) electrons. The van der Waals surface area contributed by atoms with Crippen molar-refractivity contribution in [1.82, 2.24) is 4.98 Å². The Bertz CT molecular complexity index is 1200. The summed E-state index contributed by atoms with van der Waals surface area (Å²) in [5, 5.41) is 7.49. The van der Waals surface area contributed by atoms with Gasteiger partial charge in [0.15, 0.2) is 11.5 Å². The smallest absolute Gasteiger partial charge is 0.234 e. The number of aromatic nitrogens is 1. The van der Waals surface area contributed by atoms with Gasteiger partial charge in [0.2, 0.25) is 11.8 Å². The van der Waals surface area contributed by atoms with E-state index in [1.54, 1.807) is 6.07 Å². The summed E-state index contributed by atoms with van der Waals surface area (Å²) in [5.74, 6) is 1.37. The van der Waals surface area contributed by atoms with Crippen LogP contribution in [0.4, 0.5) is 11.4 Å². The van der Waals surface area contributed by atoms with Gasteiger partial charge in [0, 0.05) is 29.8 Å². The maximum Gasteiger partial charge on any atom is 0.234 e. The molecule has 0 atom stereocenters. The minimum absolute atomic E-state index is 0.140. The zero-order chi connectivity index (χ0) is 22.7. The van der Waals surface area contributed by atoms with Gasteiger partial charge in [-0.2, -0.15) is 0 Å². The molecule has 7 nitrogen and oxygen atoms in total. The quantitative estimate of drug-likeness (QED) is 0.534. The number of hydrogen-bond acceptors (Lipinski definition) is 6. The minimum Gasteiger partial charge on any atom is -0.486 e. The van der Waals surface area contributed by atoms with Crippen molar-refractivity contribution in [3.05, 3.63) is 47.5 Å². The number of ether oxygens (including phenoxy) is 2. The molecule has 0 aliphatic carbocycles. The van der Waals surface area contributed by atoms with Gasteiger partial charge in [0.05, 0.1) is 11.3 Å². The molecule has 1 aliphatic rings. The zero-order valence-electron chi connectivity index (χ0n) is 18.3. The first-order valence-electron chi connectivity index (χ1n) is 10.5. The molecule has 2 N–H and O–H groups in total. The van der Waals surface area contributed by atoms with Crippen molar-refractivity contribution in [2.75, 3.05) is 29.6 Å². The van der Waals surface area contributed by atoms with Crippen LogP contribution in [0.15, 0.2) is 41.4 Å². The SMILES string of the molecule is CCc1cc2cc3c(cc2nc1SCC(=O)Nc1ccc(C)c(NC(C)=O)c1)OCCO3. The van der Waals surface area contributed by atoms with E-state index >= 15 is 0 Å². The second-order valence-corrected chi connectivity index (χ2v) is 8.51. The van der Waals surface area contributed by atoms with E-state index in [2.05, 4.69) is 23.6 Å². The fourth-order valence-corrected chi connectivity index (χ4v) is 4.36. The van der Waals surface area contributed by atoms with Gasteiger partial charge in [-0.3, -0.25) is 9.59 Å². The summed E-state index contributed by atoms with van der Waals surface area (Å²) in [7, 11) is 0. The molecule has 0 bridgehead atoms. The van der Waals surface area contributed by atoms with Crippen molar-refractivity contribution in [2.45, 2.75) is 32.2 Å². The highest BCUT2D eigenvalue weighted by Crippen LogP contribution is 2.36. The molecule has 0 spiro atoms. The lowest BCUT2D eigenvalue weighted by molar-refractivity contribution is -0.114. The van der Waals surface area contributed by atoms with Gasteiger partial charge in [-0.1, -0.05) is 24.8 Å². The van der Waals surface area contributed by atoms with Crippen LogP contribution in [-0.4, -0.2) is 35.8 Å². The molecule has 0 unspecified atom stereocenters. The number of anilines is 2. The average molecular weight is 452 g/mol. The first-order chi connectivity index (χ1) is 15.4. The third-order valence-corrected chi connectivity index (χ3v) is 6.10. The number of pyridine rings is 1. The molecule has 0 saturated heterocycles. The molecule has 0 fully saturated rings. The maximum absolute atomic E-state index is 12.6. The molecule has 3 aromatic rings. The monoisotopic (exact) mass is 451 g/mol. The minimum atomic E-state index is -0.153. The number of amides is 2. The van der Waals surface area contributed by atoms with Crippen molar-refractivity contribution < 1.29 is 19.1 Å². The van der Waals surface area contributed by atoms with E-state index in [9.17, 15) is 9.59 Å². The normalized spacial score (nSPS) is 12.5. The Balaban J connectivity index is 1.48. The topological polar surface area (TPSA) is 89.6 Å². The van der Waals surface area contributed by atoms with Crippen molar-refractivity contribution in [3.63, 3.8) is 0 Å². The van der Waals surface area contributed by atoms with E-state index in [0.717, 1.165) is 39.2 Å². The van der Waals surface area contributed by atoms with Gasteiger partial charge < -0.3 is 20.1 Å². The number of nitrogens with zero attached hydrogens (tertiary/aromatic N) is 1. The molecule has 0 saturated carbocycles. The van der Waals surface area contributed by atoms with E-state index in [4.69, 9.17) is 14.5 Å². The van der Waals surface area contributed by atoms with Crippen molar-refractivity contribution in [1.29, 1.82) is 0 Å². The lowest BCUT2D eigenvalue weighted by Crippen LogP contribution is -2.15. The molecular formula is C24H25N3O4S. The maximum atomic E-state index is 12.6. The molecule has 2 heterocycles. The fourth-order valence-electron chi connectivity index (χ4n) is 3.47. The molecule has 4 rings (SSSR count). The lowest BCUT2D eigenvalue weighted by atomic mass is 10.1. The molecule has 32 heavy (non-hydrogen) atoms. The fraction of sp³-hybridized carbons (Fsp3) is 0.292. The molecule has 2 amide bonds. The number of carbonyl (C=O) groups is 2. The van der Waals surface area contributed by atoms with Crippen LogP contribution >= 0.6 is 11.8 Å². The number of hydrogen-bond donors (Lipinski definition) is 2. The third-order valence-electron chi connectivity index (χ3n) is 5.07.